The van der Waals surface area contributed by atoms with Crippen LogP contribution in [0.15, 0.2) is 35.6 Å². The van der Waals surface area contributed by atoms with Gasteiger partial charge in [0.2, 0.25) is 5.90 Å². The van der Waals surface area contributed by atoms with Gasteiger partial charge in [0.25, 0.3) is 0 Å². The summed E-state index contributed by atoms with van der Waals surface area (Å²) in [6.07, 6.45) is 1.45. The monoisotopic (exact) mass is 317 g/mol. The Balaban J connectivity index is 2.21. The number of halogens is 1. The maximum atomic E-state index is 14.3. The summed E-state index contributed by atoms with van der Waals surface area (Å²) in [7, 11) is 1.20. The number of benzene rings is 1. The second-order valence-electron chi connectivity index (χ2n) is 5.58. The van der Waals surface area contributed by atoms with Crippen LogP contribution in [0.4, 0.5) is 4.39 Å². The van der Waals surface area contributed by atoms with Gasteiger partial charge in [0.15, 0.2) is 5.78 Å². The summed E-state index contributed by atoms with van der Waals surface area (Å²) in [5.74, 6) is -3.37. The third-order valence-corrected chi connectivity index (χ3v) is 4.26. The first-order chi connectivity index (χ1) is 11.0. The number of carbonyl (C=O) groups excluding carboxylic acids is 2. The van der Waals surface area contributed by atoms with Crippen LogP contribution in [0.25, 0.3) is 0 Å². The number of esters is 1. The molecule has 120 valence electrons. The lowest BCUT2D eigenvalue weighted by Gasteiger charge is -2.35. The van der Waals surface area contributed by atoms with Crippen molar-refractivity contribution in [3.63, 3.8) is 0 Å². The molecule has 1 heterocycles. The fraction of sp³-hybridized carbons (Fsp3) is 0.353. The van der Waals surface area contributed by atoms with Crippen LogP contribution >= 0.6 is 0 Å². The molecule has 0 radical (unpaired) electrons. The number of Topliss-reactive ketones (excluding diaryl/α,β-unsaturated/α-hetero) is 1. The first-order valence-electron chi connectivity index (χ1n) is 7.39. The predicted molar refractivity (Wildman–Crippen MR) is 79.3 cm³/mol. The zero-order valence-corrected chi connectivity index (χ0v) is 12.6. The summed E-state index contributed by atoms with van der Waals surface area (Å²) in [4.78, 5) is 24.6. The third kappa shape index (κ3) is 2.54. The van der Waals surface area contributed by atoms with Crippen molar-refractivity contribution in [1.82, 2.24) is 0 Å². The Morgan fingerprint density at radius 1 is 1.35 bits per heavy atom. The molecule has 2 atom stereocenters. The maximum absolute atomic E-state index is 14.3. The molecule has 0 aromatic heterocycles. The van der Waals surface area contributed by atoms with Crippen LogP contribution in [0.5, 0.6) is 0 Å². The molecule has 0 saturated heterocycles. The Morgan fingerprint density at radius 3 is 2.78 bits per heavy atom. The van der Waals surface area contributed by atoms with Crippen LogP contribution in [0.1, 0.15) is 30.7 Å². The van der Waals surface area contributed by atoms with Gasteiger partial charge < -0.3 is 9.47 Å². The number of hydrogen-bond donors (Lipinski definition) is 1. The molecule has 2 aliphatic rings. The molecule has 2 unspecified atom stereocenters. The zero-order chi connectivity index (χ0) is 16.6. The molecular weight excluding hydrogens is 301 g/mol. The fourth-order valence-corrected chi connectivity index (χ4v) is 3.23. The van der Waals surface area contributed by atoms with E-state index in [1.165, 1.54) is 25.3 Å². The van der Waals surface area contributed by atoms with Crippen molar-refractivity contribution in [3.8, 4) is 0 Å². The first-order valence-corrected chi connectivity index (χ1v) is 7.39. The molecule has 1 aromatic carbocycles. The average Bonchev–Trinajstić information content (AvgIpc) is 2.54. The fourth-order valence-electron chi connectivity index (χ4n) is 3.23. The minimum absolute atomic E-state index is 0.166. The second-order valence-corrected chi connectivity index (χ2v) is 5.58. The molecule has 0 amide bonds. The number of methoxy groups -OCH3 is 1. The Hall–Kier alpha value is -2.50. The molecule has 0 saturated carbocycles. The molecular formula is C17H16FNO4. The standard InChI is InChI=1S/C17H16FNO4/c1-22-17(21)15-13(9-5-2-3-6-10(9)18)14-11(20)7-4-8-12(14)23-16(15)19/h2-3,5-6,13,15,19H,4,7-8H2,1H3. The van der Waals surface area contributed by atoms with E-state index in [-0.39, 0.29) is 17.2 Å². The second kappa shape index (κ2) is 5.95. The smallest absolute Gasteiger partial charge is 0.319 e. The van der Waals surface area contributed by atoms with Gasteiger partial charge >= 0.3 is 5.97 Å². The summed E-state index contributed by atoms with van der Waals surface area (Å²) < 4.78 is 24.5. The molecule has 0 bridgehead atoms. The van der Waals surface area contributed by atoms with Gasteiger partial charge in [-0.05, 0) is 18.1 Å². The molecule has 1 aliphatic carbocycles. The van der Waals surface area contributed by atoms with Crippen LogP contribution in [0.3, 0.4) is 0 Å². The van der Waals surface area contributed by atoms with Crippen LogP contribution in [0, 0.1) is 17.1 Å². The summed E-state index contributed by atoms with van der Waals surface area (Å²) in [6, 6.07) is 5.98. The summed E-state index contributed by atoms with van der Waals surface area (Å²) in [5.41, 5.74) is 0.506. The van der Waals surface area contributed by atoms with Gasteiger partial charge in [-0.2, -0.15) is 0 Å². The molecule has 0 spiro atoms. The van der Waals surface area contributed by atoms with Gasteiger partial charge in [0.1, 0.15) is 17.5 Å². The Labute approximate surface area is 132 Å². The summed E-state index contributed by atoms with van der Waals surface area (Å²) in [5, 5.41) is 8.03. The van der Waals surface area contributed by atoms with Crippen LogP contribution < -0.4 is 0 Å². The Bertz CT molecular complexity index is 725. The molecule has 23 heavy (non-hydrogen) atoms. The Kier molecular flexibility index (Phi) is 3.98. The zero-order valence-electron chi connectivity index (χ0n) is 12.6. The molecule has 1 aliphatic heterocycles. The van der Waals surface area contributed by atoms with E-state index >= 15 is 0 Å². The Morgan fingerprint density at radius 2 is 2.09 bits per heavy atom. The van der Waals surface area contributed by atoms with E-state index in [4.69, 9.17) is 14.9 Å². The van der Waals surface area contributed by atoms with Crippen molar-refractivity contribution < 1.29 is 23.5 Å². The number of carbonyl (C=O) groups is 2. The molecule has 3 rings (SSSR count). The number of rotatable bonds is 2. The van der Waals surface area contributed by atoms with Gasteiger partial charge in [0.05, 0.1) is 7.11 Å². The summed E-state index contributed by atoms with van der Waals surface area (Å²) >= 11 is 0. The number of allylic oxidation sites excluding steroid dienone is 2. The summed E-state index contributed by atoms with van der Waals surface area (Å²) in [6.45, 7) is 0. The van der Waals surface area contributed by atoms with Crippen molar-refractivity contribution in [2.75, 3.05) is 7.11 Å². The van der Waals surface area contributed by atoms with Crippen LogP contribution in [-0.4, -0.2) is 24.8 Å². The average molecular weight is 317 g/mol. The molecule has 5 nitrogen and oxygen atoms in total. The van der Waals surface area contributed by atoms with E-state index in [2.05, 4.69) is 0 Å². The van der Waals surface area contributed by atoms with Gasteiger partial charge in [-0.3, -0.25) is 15.0 Å². The minimum atomic E-state index is -1.15. The number of ether oxygens (including phenoxy) is 2. The van der Waals surface area contributed by atoms with E-state index in [0.717, 1.165) is 0 Å². The largest absolute Gasteiger partial charge is 0.468 e. The number of nitrogens with one attached hydrogen (secondary N) is 1. The quantitative estimate of drug-likeness (QED) is 0.851. The van der Waals surface area contributed by atoms with Crippen molar-refractivity contribution in [2.45, 2.75) is 25.2 Å². The van der Waals surface area contributed by atoms with Gasteiger partial charge in [-0.15, -0.1) is 0 Å². The molecule has 1 aromatic rings. The topological polar surface area (TPSA) is 76.5 Å². The lowest BCUT2D eigenvalue weighted by molar-refractivity contribution is -0.144. The van der Waals surface area contributed by atoms with E-state index in [9.17, 15) is 14.0 Å². The van der Waals surface area contributed by atoms with Crippen LogP contribution in [0.2, 0.25) is 0 Å². The highest BCUT2D eigenvalue weighted by Crippen LogP contribution is 2.44. The highest BCUT2D eigenvalue weighted by Gasteiger charge is 2.47. The number of hydrogen-bond acceptors (Lipinski definition) is 5. The van der Waals surface area contributed by atoms with E-state index in [1.54, 1.807) is 6.07 Å². The minimum Gasteiger partial charge on any atom is -0.468 e. The van der Waals surface area contributed by atoms with E-state index < -0.39 is 23.6 Å². The van der Waals surface area contributed by atoms with Gasteiger partial charge in [-0.25, -0.2) is 4.39 Å². The van der Waals surface area contributed by atoms with Gasteiger partial charge in [-0.1, -0.05) is 18.2 Å². The lowest BCUT2D eigenvalue weighted by atomic mass is 9.73. The first kappa shape index (κ1) is 15.4. The highest BCUT2D eigenvalue weighted by molar-refractivity contribution is 6.06. The highest BCUT2D eigenvalue weighted by atomic mass is 19.1. The predicted octanol–water partition coefficient (Wildman–Crippen LogP) is 2.71. The van der Waals surface area contributed by atoms with Crippen molar-refractivity contribution >= 4 is 17.7 Å². The molecule has 1 N–H and O–H groups in total. The van der Waals surface area contributed by atoms with E-state index in [1.807, 2.05) is 0 Å². The normalized spacial score (nSPS) is 24.1. The van der Waals surface area contributed by atoms with Crippen molar-refractivity contribution in [3.05, 3.63) is 47.0 Å². The molecule has 6 heteroatoms. The SMILES string of the molecule is COC(=O)C1C(=N)OC2=C(C(=O)CCC2)C1c1ccccc1F. The van der Waals surface area contributed by atoms with Crippen LogP contribution in [-0.2, 0) is 19.1 Å². The van der Waals surface area contributed by atoms with Crippen molar-refractivity contribution in [1.29, 1.82) is 5.41 Å². The lowest BCUT2D eigenvalue weighted by Crippen LogP contribution is -2.40. The third-order valence-electron chi connectivity index (χ3n) is 4.26. The molecule has 0 fully saturated rings. The maximum Gasteiger partial charge on any atom is 0.319 e. The van der Waals surface area contributed by atoms with E-state index in [0.29, 0.717) is 30.6 Å². The number of ketones is 1. The van der Waals surface area contributed by atoms with Crippen molar-refractivity contribution in [2.24, 2.45) is 5.92 Å². The van der Waals surface area contributed by atoms with Gasteiger partial charge in [0, 0.05) is 24.3 Å².